The number of hydrogen-bond acceptors (Lipinski definition) is 4. The molecule has 6 heteroatoms. The van der Waals surface area contributed by atoms with Gasteiger partial charge >= 0.3 is 5.97 Å². The fourth-order valence-corrected chi connectivity index (χ4v) is 8.50. The summed E-state index contributed by atoms with van der Waals surface area (Å²) >= 11 is 3.43. The largest absolute Gasteiger partial charge is 0.462 e. The average molecular weight is 543 g/mol. The maximum absolute atomic E-state index is 12.8. The molecule has 1 aromatic carbocycles. The summed E-state index contributed by atoms with van der Waals surface area (Å²) in [6.45, 7) is 4.52. The fraction of sp³-hybridized carbons (Fsp3) is 0.621. The number of ketones is 1. The number of benzene rings is 1. The molecule has 35 heavy (non-hydrogen) atoms. The third-order valence-electron chi connectivity index (χ3n) is 9.72. The quantitative estimate of drug-likeness (QED) is 0.365. The van der Waals surface area contributed by atoms with E-state index in [0.29, 0.717) is 48.5 Å². The number of halogens is 1. The molecule has 4 aliphatic carbocycles. The van der Waals surface area contributed by atoms with Crippen molar-refractivity contribution in [3.05, 3.63) is 46.0 Å². The third-order valence-corrected chi connectivity index (χ3v) is 10.2. The lowest BCUT2D eigenvalue weighted by Crippen LogP contribution is -2.50. The smallest absolute Gasteiger partial charge is 0.302 e. The Balaban J connectivity index is 1.29. The Morgan fingerprint density at radius 3 is 2.77 bits per heavy atom. The zero-order valence-corrected chi connectivity index (χ0v) is 22.4. The molecule has 0 spiro atoms. The van der Waals surface area contributed by atoms with Crippen LogP contribution >= 0.6 is 15.9 Å². The highest BCUT2D eigenvalue weighted by Crippen LogP contribution is 2.65. The molecule has 188 valence electrons. The molecule has 0 aliphatic heterocycles. The van der Waals surface area contributed by atoms with Crippen molar-refractivity contribution in [1.29, 1.82) is 0 Å². The van der Waals surface area contributed by atoms with Gasteiger partial charge in [0.1, 0.15) is 11.9 Å². The minimum Gasteiger partial charge on any atom is -0.462 e. The number of fused-ring (bicyclic) bond motifs is 5. The molecule has 0 heterocycles. The van der Waals surface area contributed by atoms with E-state index in [9.17, 15) is 14.4 Å². The van der Waals surface area contributed by atoms with Gasteiger partial charge < -0.3 is 10.1 Å². The number of amides is 1. The van der Waals surface area contributed by atoms with Gasteiger partial charge in [0.05, 0.1) is 0 Å². The first kappa shape index (κ1) is 24.7. The van der Waals surface area contributed by atoms with Gasteiger partial charge in [-0.2, -0.15) is 0 Å². The van der Waals surface area contributed by atoms with E-state index >= 15 is 0 Å². The van der Waals surface area contributed by atoms with Crippen molar-refractivity contribution in [3.8, 4) is 0 Å². The lowest BCUT2D eigenvalue weighted by Gasteiger charge is -2.57. The standard InChI is InChI=1S/C29H36BrNO4/c1-18(32)35-23-8-10-28(2)20(15-23)6-7-24-25(28)9-11-29(17-22(33)16-26(24)29)12-13-31-27(34)19-4-3-5-21(30)14-19/h3-6,14,23-26H,7-13,15-17H2,1-2H3,(H,31,34)/t23-,24+,25-,26-,28-,29-/m0/s1. The van der Waals surface area contributed by atoms with Crippen molar-refractivity contribution < 1.29 is 19.1 Å². The Hall–Kier alpha value is -1.95. The lowest BCUT2D eigenvalue weighted by atomic mass is 9.47. The molecular weight excluding hydrogens is 506 g/mol. The highest BCUT2D eigenvalue weighted by atomic mass is 79.9. The molecule has 4 aliphatic rings. The van der Waals surface area contributed by atoms with Crippen molar-refractivity contribution >= 4 is 33.6 Å². The van der Waals surface area contributed by atoms with E-state index in [4.69, 9.17) is 4.74 Å². The summed E-state index contributed by atoms with van der Waals surface area (Å²) in [4.78, 5) is 37.0. The summed E-state index contributed by atoms with van der Waals surface area (Å²) in [7, 11) is 0. The predicted octanol–water partition coefficient (Wildman–Crippen LogP) is 6.01. The van der Waals surface area contributed by atoms with E-state index < -0.39 is 0 Å². The molecule has 3 saturated carbocycles. The van der Waals surface area contributed by atoms with Gasteiger partial charge in [-0.05, 0) is 85.3 Å². The third kappa shape index (κ3) is 4.63. The zero-order chi connectivity index (χ0) is 24.8. The van der Waals surface area contributed by atoms with Gasteiger partial charge in [0, 0.05) is 42.8 Å². The number of carbonyl (C=O) groups excluding carboxylic acids is 3. The van der Waals surface area contributed by atoms with Crippen LogP contribution in [0.15, 0.2) is 40.4 Å². The molecule has 0 radical (unpaired) electrons. The molecule has 0 saturated heterocycles. The number of Topliss-reactive ketones (excluding diaryl/α,β-unsaturated/α-hetero) is 1. The molecule has 6 atom stereocenters. The number of carbonyl (C=O) groups is 3. The van der Waals surface area contributed by atoms with Crippen molar-refractivity contribution in [3.63, 3.8) is 0 Å². The Kier molecular flexibility index (Phi) is 6.71. The number of allylic oxidation sites excluding steroid dienone is 1. The Bertz CT molecular complexity index is 1070. The highest BCUT2D eigenvalue weighted by molar-refractivity contribution is 9.10. The zero-order valence-electron chi connectivity index (χ0n) is 20.8. The Morgan fingerprint density at radius 1 is 1.17 bits per heavy atom. The Morgan fingerprint density at radius 2 is 2.00 bits per heavy atom. The van der Waals surface area contributed by atoms with Crippen molar-refractivity contribution in [2.75, 3.05) is 6.54 Å². The topological polar surface area (TPSA) is 72.5 Å². The molecule has 0 aromatic heterocycles. The molecule has 0 unspecified atom stereocenters. The second-order valence-corrected chi connectivity index (χ2v) is 12.5. The van der Waals surface area contributed by atoms with E-state index in [-0.39, 0.29) is 28.8 Å². The molecule has 1 amide bonds. The minimum absolute atomic E-state index is 0.00737. The van der Waals surface area contributed by atoms with Crippen LogP contribution in [0.1, 0.15) is 82.0 Å². The second kappa shape index (κ2) is 9.49. The van der Waals surface area contributed by atoms with Gasteiger partial charge in [0.25, 0.3) is 5.91 Å². The number of rotatable bonds is 5. The molecule has 1 aromatic rings. The SMILES string of the molecule is CC(=O)O[C@H]1CC[C@@]2(C)C(=CC[C@H]3[C@@H]4CC(=O)C[C@@]4(CCNC(=O)c4cccc(Br)c4)CC[C@@H]32)C1. The number of ether oxygens (including phenoxy) is 1. The van der Waals surface area contributed by atoms with E-state index in [2.05, 4.69) is 34.2 Å². The summed E-state index contributed by atoms with van der Waals surface area (Å²) in [6, 6.07) is 7.45. The van der Waals surface area contributed by atoms with Gasteiger partial charge in [0.2, 0.25) is 0 Å². The van der Waals surface area contributed by atoms with Gasteiger partial charge in [0.15, 0.2) is 0 Å². The number of nitrogens with one attached hydrogen (secondary N) is 1. The van der Waals surface area contributed by atoms with Crippen LogP contribution in [0.25, 0.3) is 0 Å². The molecule has 3 fully saturated rings. The van der Waals surface area contributed by atoms with Crippen LogP contribution in [0.5, 0.6) is 0 Å². The van der Waals surface area contributed by atoms with E-state index in [1.165, 1.54) is 12.5 Å². The van der Waals surface area contributed by atoms with Gasteiger partial charge in [-0.15, -0.1) is 0 Å². The molecule has 5 rings (SSSR count). The first-order valence-corrected chi connectivity index (χ1v) is 13.9. The van der Waals surface area contributed by atoms with Crippen LogP contribution in [0, 0.1) is 28.6 Å². The summed E-state index contributed by atoms with van der Waals surface area (Å²) in [5.41, 5.74) is 2.28. The van der Waals surface area contributed by atoms with Crippen molar-refractivity contribution in [2.45, 2.75) is 77.7 Å². The van der Waals surface area contributed by atoms with E-state index in [0.717, 1.165) is 49.4 Å². The van der Waals surface area contributed by atoms with Gasteiger partial charge in [-0.3, -0.25) is 14.4 Å². The van der Waals surface area contributed by atoms with Crippen LogP contribution in [0.3, 0.4) is 0 Å². The van der Waals surface area contributed by atoms with Crippen LogP contribution in [0.2, 0.25) is 0 Å². The van der Waals surface area contributed by atoms with Gasteiger partial charge in [-0.25, -0.2) is 0 Å². The molecular formula is C29H36BrNO4. The highest BCUT2D eigenvalue weighted by Gasteiger charge is 2.58. The van der Waals surface area contributed by atoms with Crippen LogP contribution < -0.4 is 5.32 Å². The first-order chi connectivity index (χ1) is 16.7. The molecule has 1 N–H and O–H groups in total. The normalized spacial score (nSPS) is 35.9. The maximum Gasteiger partial charge on any atom is 0.302 e. The summed E-state index contributed by atoms with van der Waals surface area (Å²) in [5, 5.41) is 3.12. The van der Waals surface area contributed by atoms with E-state index in [1.54, 1.807) is 0 Å². The maximum atomic E-state index is 12.8. The monoisotopic (exact) mass is 541 g/mol. The fourth-order valence-electron chi connectivity index (χ4n) is 8.11. The summed E-state index contributed by atoms with van der Waals surface area (Å²) in [6.07, 6.45) is 10.7. The number of hydrogen-bond donors (Lipinski definition) is 1. The van der Waals surface area contributed by atoms with Crippen molar-refractivity contribution in [1.82, 2.24) is 5.32 Å². The number of esters is 1. The van der Waals surface area contributed by atoms with Crippen LogP contribution in [-0.4, -0.2) is 30.3 Å². The van der Waals surface area contributed by atoms with E-state index in [1.807, 2.05) is 24.3 Å². The van der Waals surface area contributed by atoms with Crippen molar-refractivity contribution in [2.24, 2.45) is 28.6 Å². The molecule has 5 nitrogen and oxygen atoms in total. The predicted molar refractivity (Wildman–Crippen MR) is 138 cm³/mol. The minimum atomic E-state index is -0.188. The van der Waals surface area contributed by atoms with Crippen LogP contribution in [0.4, 0.5) is 0 Å². The van der Waals surface area contributed by atoms with Crippen LogP contribution in [-0.2, 0) is 14.3 Å². The van der Waals surface area contributed by atoms with Gasteiger partial charge in [-0.1, -0.05) is 40.6 Å². The molecule has 0 bridgehead atoms. The lowest BCUT2D eigenvalue weighted by molar-refractivity contribution is -0.148. The second-order valence-electron chi connectivity index (χ2n) is 11.6. The average Bonchev–Trinajstić information content (AvgIpc) is 3.15. The Labute approximate surface area is 216 Å². The summed E-state index contributed by atoms with van der Waals surface area (Å²) < 4.78 is 6.45. The summed E-state index contributed by atoms with van der Waals surface area (Å²) in [5.74, 6) is 1.66. The first-order valence-electron chi connectivity index (χ1n) is 13.1.